The number of hydrogen-bond donors (Lipinski definition) is 1. The molecule has 1 heterocycles. The summed E-state index contributed by atoms with van der Waals surface area (Å²) < 4.78 is 11.2. The van der Waals surface area contributed by atoms with Gasteiger partial charge in [0.1, 0.15) is 5.76 Å². The Hall–Kier alpha value is -0.800. The Balaban J connectivity index is 1.80. The third kappa shape index (κ3) is 3.59. The van der Waals surface area contributed by atoms with Crippen molar-refractivity contribution in [3.63, 3.8) is 0 Å². The molecule has 1 aliphatic rings. The molecule has 0 radical (unpaired) electrons. The van der Waals surface area contributed by atoms with Crippen LogP contribution in [-0.2, 0) is 4.74 Å². The fourth-order valence-corrected chi connectivity index (χ4v) is 2.68. The highest BCUT2D eigenvalue weighted by Crippen LogP contribution is 2.37. The fourth-order valence-electron chi connectivity index (χ4n) is 2.68. The van der Waals surface area contributed by atoms with Crippen LogP contribution in [0.15, 0.2) is 22.8 Å². The minimum absolute atomic E-state index is 0.368. The Morgan fingerprint density at radius 3 is 2.89 bits per heavy atom. The number of furan rings is 1. The van der Waals surface area contributed by atoms with Crippen molar-refractivity contribution in [3.05, 3.63) is 24.2 Å². The van der Waals surface area contributed by atoms with Crippen molar-refractivity contribution in [2.24, 2.45) is 5.92 Å². The SMILES string of the molecule is CCCNC(CC1CC(OCC)C1)c1ccco1. The van der Waals surface area contributed by atoms with E-state index in [1.807, 2.05) is 6.07 Å². The van der Waals surface area contributed by atoms with Gasteiger partial charge in [-0.2, -0.15) is 0 Å². The normalized spacial score (nSPS) is 24.8. The second-order valence-electron chi connectivity index (χ2n) is 5.17. The van der Waals surface area contributed by atoms with Crippen LogP contribution >= 0.6 is 0 Å². The van der Waals surface area contributed by atoms with Crippen LogP contribution in [0.1, 0.15) is 51.3 Å². The molecule has 2 rings (SSSR count). The Bertz CT molecular complexity index is 317. The Morgan fingerprint density at radius 1 is 1.44 bits per heavy atom. The molecular formula is C15H25NO2. The number of hydrogen-bond acceptors (Lipinski definition) is 3. The van der Waals surface area contributed by atoms with Gasteiger partial charge in [-0.05, 0) is 57.2 Å². The van der Waals surface area contributed by atoms with Gasteiger partial charge in [0.2, 0.25) is 0 Å². The van der Waals surface area contributed by atoms with Gasteiger partial charge in [-0.3, -0.25) is 0 Å². The molecule has 1 N–H and O–H groups in total. The Morgan fingerprint density at radius 2 is 2.28 bits per heavy atom. The maximum Gasteiger partial charge on any atom is 0.120 e. The van der Waals surface area contributed by atoms with Crippen LogP contribution < -0.4 is 5.32 Å². The van der Waals surface area contributed by atoms with E-state index in [0.29, 0.717) is 12.1 Å². The van der Waals surface area contributed by atoms with E-state index >= 15 is 0 Å². The first-order chi connectivity index (χ1) is 8.83. The molecule has 0 saturated heterocycles. The molecule has 1 unspecified atom stereocenters. The van der Waals surface area contributed by atoms with Gasteiger partial charge in [0.25, 0.3) is 0 Å². The Kier molecular flexibility index (Phi) is 5.26. The van der Waals surface area contributed by atoms with E-state index in [2.05, 4.69) is 25.2 Å². The van der Waals surface area contributed by atoms with Crippen molar-refractivity contribution < 1.29 is 9.15 Å². The van der Waals surface area contributed by atoms with Crippen LogP contribution in [0.2, 0.25) is 0 Å². The summed E-state index contributed by atoms with van der Waals surface area (Å²) >= 11 is 0. The lowest BCUT2D eigenvalue weighted by Crippen LogP contribution is -2.34. The highest BCUT2D eigenvalue weighted by Gasteiger charge is 2.32. The number of nitrogens with one attached hydrogen (secondary N) is 1. The summed E-state index contributed by atoms with van der Waals surface area (Å²) in [6, 6.07) is 4.42. The lowest BCUT2D eigenvalue weighted by molar-refractivity contribution is -0.0296. The van der Waals surface area contributed by atoms with Crippen molar-refractivity contribution >= 4 is 0 Å². The molecule has 18 heavy (non-hydrogen) atoms. The molecule has 1 aromatic heterocycles. The van der Waals surface area contributed by atoms with Gasteiger partial charge in [0.05, 0.1) is 18.4 Å². The minimum atomic E-state index is 0.368. The summed E-state index contributed by atoms with van der Waals surface area (Å²) in [6.07, 6.45) is 7.00. The molecule has 0 amide bonds. The van der Waals surface area contributed by atoms with Crippen LogP contribution in [-0.4, -0.2) is 19.3 Å². The molecule has 1 atom stereocenters. The molecule has 0 aliphatic heterocycles. The molecule has 3 nitrogen and oxygen atoms in total. The van der Waals surface area contributed by atoms with Crippen LogP contribution in [0.5, 0.6) is 0 Å². The summed E-state index contributed by atoms with van der Waals surface area (Å²) in [4.78, 5) is 0. The van der Waals surface area contributed by atoms with Gasteiger partial charge in [-0.15, -0.1) is 0 Å². The molecule has 102 valence electrons. The van der Waals surface area contributed by atoms with Crippen molar-refractivity contribution in [2.45, 2.75) is 51.7 Å². The van der Waals surface area contributed by atoms with E-state index < -0.39 is 0 Å². The van der Waals surface area contributed by atoms with Crippen molar-refractivity contribution in [1.29, 1.82) is 0 Å². The van der Waals surface area contributed by atoms with Gasteiger partial charge >= 0.3 is 0 Å². The summed E-state index contributed by atoms with van der Waals surface area (Å²) in [7, 11) is 0. The first-order valence-electron chi connectivity index (χ1n) is 7.21. The topological polar surface area (TPSA) is 34.4 Å². The monoisotopic (exact) mass is 251 g/mol. The lowest BCUT2D eigenvalue weighted by atomic mass is 9.78. The summed E-state index contributed by atoms with van der Waals surface area (Å²) in [5.41, 5.74) is 0. The number of rotatable bonds is 8. The van der Waals surface area contributed by atoms with Gasteiger partial charge in [0.15, 0.2) is 0 Å². The molecule has 0 spiro atoms. The molecule has 3 heteroatoms. The van der Waals surface area contributed by atoms with Crippen LogP contribution in [0.4, 0.5) is 0 Å². The van der Waals surface area contributed by atoms with Crippen molar-refractivity contribution in [2.75, 3.05) is 13.2 Å². The quantitative estimate of drug-likeness (QED) is 0.767. The molecular weight excluding hydrogens is 226 g/mol. The predicted octanol–water partition coefficient (Wildman–Crippen LogP) is 3.53. The standard InChI is InChI=1S/C15H25NO2/c1-3-7-16-14(15-6-5-8-18-15)11-12-9-13(10-12)17-4-2/h5-6,8,12-14,16H,3-4,7,9-11H2,1-2H3. The summed E-state index contributed by atoms with van der Waals surface area (Å²) in [5.74, 6) is 1.85. The van der Waals surface area contributed by atoms with Crippen LogP contribution in [0, 0.1) is 5.92 Å². The third-order valence-corrected chi connectivity index (χ3v) is 3.69. The maximum atomic E-state index is 5.62. The highest BCUT2D eigenvalue weighted by atomic mass is 16.5. The molecule has 0 aromatic carbocycles. The van der Waals surface area contributed by atoms with E-state index in [1.54, 1.807) is 6.26 Å². The summed E-state index contributed by atoms with van der Waals surface area (Å²) in [6.45, 7) is 6.16. The third-order valence-electron chi connectivity index (χ3n) is 3.69. The van der Waals surface area contributed by atoms with Gasteiger partial charge in [-0.1, -0.05) is 6.92 Å². The maximum absolute atomic E-state index is 5.62. The van der Waals surface area contributed by atoms with Crippen LogP contribution in [0.25, 0.3) is 0 Å². The largest absolute Gasteiger partial charge is 0.468 e. The minimum Gasteiger partial charge on any atom is -0.468 e. The van der Waals surface area contributed by atoms with Crippen molar-refractivity contribution in [1.82, 2.24) is 5.32 Å². The van der Waals surface area contributed by atoms with E-state index in [-0.39, 0.29) is 0 Å². The summed E-state index contributed by atoms with van der Waals surface area (Å²) in [5, 5.41) is 3.58. The zero-order chi connectivity index (χ0) is 12.8. The molecule has 1 fully saturated rings. The average Bonchev–Trinajstić information content (AvgIpc) is 2.84. The molecule has 1 aromatic rings. The molecule has 0 bridgehead atoms. The van der Waals surface area contributed by atoms with Gasteiger partial charge in [-0.25, -0.2) is 0 Å². The van der Waals surface area contributed by atoms with E-state index in [0.717, 1.165) is 37.7 Å². The second-order valence-corrected chi connectivity index (χ2v) is 5.17. The van der Waals surface area contributed by atoms with E-state index in [1.165, 1.54) is 12.8 Å². The predicted molar refractivity (Wildman–Crippen MR) is 72.5 cm³/mol. The zero-order valence-corrected chi connectivity index (χ0v) is 11.5. The van der Waals surface area contributed by atoms with Crippen LogP contribution in [0.3, 0.4) is 0 Å². The molecule has 1 aliphatic carbocycles. The van der Waals surface area contributed by atoms with Gasteiger partial charge < -0.3 is 14.5 Å². The highest BCUT2D eigenvalue weighted by molar-refractivity contribution is 5.05. The average molecular weight is 251 g/mol. The van der Waals surface area contributed by atoms with Crippen molar-refractivity contribution in [3.8, 4) is 0 Å². The first kappa shape index (κ1) is 13.6. The number of ether oxygens (including phenoxy) is 1. The van der Waals surface area contributed by atoms with Gasteiger partial charge in [0, 0.05) is 6.61 Å². The second kappa shape index (κ2) is 6.95. The smallest absolute Gasteiger partial charge is 0.120 e. The Labute approximate surface area is 110 Å². The zero-order valence-electron chi connectivity index (χ0n) is 11.5. The first-order valence-corrected chi connectivity index (χ1v) is 7.21. The van der Waals surface area contributed by atoms with E-state index in [4.69, 9.17) is 9.15 Å². The lowest BCUT2D eigenvalue weighted by Gasteiger charge is -2.36. The fraction of sp³-hybridized carbons (Fsp3) is 0.733. The molecule has 1 saturated carbocycles. The van der Waals surface area contributed by atoms with E-state index in [9.17, 15) is 0 Å².